The summed E-state index contributed by atoms with van der Waals surface area (Å²) in [7, 11) is 0. The molecule has 1 saturated heterocycles. The van der Waals surface area contributed by atoms with Gasteiger partial charge in [-0.15, -0.1) is 0 Å². The van der Waals surface area contributed by atoms with E-state index in [1.165, 1.54) is 11.1 Å². The van der Waals surface area contributed by atoms with Gasteiger partial charge in [0.15, 0.2) is 0 Å². The van der Waals surface area contributed by atoms with Crippen molar-refractivity contribution in [1.29, 1.82) is 0 Å². The first-order chi connectivity index (χ1) is 13.1. The highest BCUT2D eigenvalue weighted by Crippen LogP contribution is 2.24. The monoisotopic (exact) mass is 367 g/mol. The van der Waals surface area contributed by atoms with Crippen molar-refractivity contribution in [1.82, 2.24) is 14.9 Å². The van der Waals surface area contributed by atoms with Crippen molar-refractivity contribution >= 4 is 5.91 Å². The number of rotatable bonds is 3. The van der Waals surface area contributed by atoms with Crippen molar-refractivity contribution in [3.63, 3.8) is 0 Å². The highest BCUT2D eigenvalue weighted by atomic mass is 16.5. The largest absolute Gasteiger partial charge is 0.474 e. The van der Waals surface area contributed by atoms with E-state index in [0.29, 0.717) is 37.8 Å². The van der Waals surface area contributed by atoms with Crippen molar-refractivity contribution in [3.05, 3.63) is 53.0 Å². The molecule has 0 spiro atoms. The Morgan fingerprint density at radius 1 is 1.15 bits per heavy atom. The van der Waals surface area contributed by atoms with Crippen molar-refractivity contribution in [2.75, 3.05) is 13.1 Å². The maximum Gasteiger partial charge on any atom is 0.252 e. The number of benzene rings is 1. The summed E-state index contributed by atoms with van der Waals surface area (Å²) in [6, 6.07) is 10.0. The minimum Gasteiger partial charge on any atom is -0.474 e. The van der Waals surface area contributed by atoms with Crippen LogP contribution in [0.2, 0.25) is 0 Å². The third kappa shape index (κ3) is 4.11. The first-order valence-corrected chi connectivity index (χ1v) is 9.54. The number of carbonyl (C=O) groups is 1. The minimum absolute atomic E-state index is 0.0794. The standard InChI is InChI=1S/C21H25N3O3/c1-14-11-20(23-15(2)22-14)27-18-7-9-24(10-8-18)21(25)19-12-16-5-3-4-6-17(16)13-26-19/h3-6,11,18-19H,7-10,12-13H2,1-2H3. The van der Waals surface area contributed by atoms with Crippen LogP contribution in [0.3, 0.4) is 0 Å². The summed E-state index contributed by atoms with van der Waals surface area (Å²) in [4.78, 5) is 23.4. The fourth-order valence-electron chi connectivity index (χ4n) is 3.82. The fraction of sp³-hybridized carbons (Fsp3) is 0.476. The number of likely N-dealkylation sites (tertiary alicyclic amines) is 1. The molecule has 0 aliphatic carbocycles. The van der Waals surface area contributed by atoms with Gasteiger partial charge >= 0.3 is 0 Å². The summed E-state index contributed by atoms with van der Waals surface area (Å²) in [6.45, 7) is 5.69. The predicted octanol–water partition coefficient (Wildman–Crippen LogP) is 2.60. The quantitative estimate of drug-likeness (QED) is 0.834. The van der Waals surface area contributed by atoms with Gasteiger partial charge in [-0.25, -0.2) is 4.98 Å². The Hall–Kier alpha value is -2.47. The normalized spacial score (nSPS) is 20.2. The third-order valence-corrected chi connectivity index (χ3v) is 5.22. The zero-order valence-electron chi connectivity index (χ0n) is 15.9. The Kier molecular flexibility index (Phi) is 5.07. The van der Waals surface area contributed by atoms with E-state index in [0.717, 1.165) is 18.5 Å². The first-order valence-electron chi connectivity index (χ1n) is 9.54. The summed E-state index contributed by atoms with van der Waals surface area (Å²) in [5.74, 6) is 1.43. The van der Waals surface area contributed by atoms with Crippen LogP contribution in [0.25, 0.3) is 0 Å². The SMILES string of the molecule is Cc1cc(OC2CCN(C(=O)C3Cc4ccccc4CO3)CC2)nc(C)n1. The summed E-state index contributed by atoms with van der Waals surface area (Å²) >= 11 is 0. The number of hydrogen-bond acceptors (Lipinski definition) is 5. The van der Waals surface area contributed by atoms with Gasteiger partial charge in [-0.05, 0) is 25.0 Å². The van der Waals surface area contributed by atoms with Gasteiger partial charge in [0, 0.05) is 44.1 Å². The highest BCUT2D eigenvalue weighted by molar-refractivity contribution is 5.81. The molecule has 1 aromatic heterocycles. The molecule has 2 aliphatic rings. The Balaban J connectivity index is 1.32. The van der Waals surface area contributed by atoms with Gasteiger partial charge < -0.3 is 14.4 Å². The number of piperidine rings is 1. The molecule has 4 rings (SSSR count). The van der Waals surface area contributed by atoms with Crippen LogP contribution in [-0.4, -0.2) is 46.1 Å². The lowest BCUT2D eigenvalue weighted by Crippen LogP contribution is -2.48. The Morgan fingerprint density at radius 3 is 2.63 bits per heavy atom. The van der Waals surface area contributed by atoms with Crippen LogP contribution in [0.5, 0.6) is 5.88 Å². The van der Waals surface area contributed by atoms with Gasteiger partial charge in [0.1, 0.15) is 18.0 Å². The second kappa shape index (κ2) is 7.64. The van der Waals surface area contributed by atoms with E-state index < -0.39 is 0 Å². The Morgan fingerprint density at radius 2 is 1.89 bits per heavy atom. The van der Waals surface area contributed by atoms with E-state index in [4.69, 9.17) is 9.47 Å². The van der Waals surface area contributed by atoms with E-state index in [2.05, 4.69) is 22.1 Å². The summed E-state index contributed by atoms with van der Waals surface area (Å²) in [5, 5.41) is 0. The molecule has 3 heterocycles. The molecule has 1 amide bonds. The van der Waals surface area contributed by atoms with Crippen LogP contribution in [0.1, 0.15) is 35.5 Å². The van der Waals surface area contributed by atoms with E-state index in [-0.39, 0.29) is 18.1 Å². The van der Waals surface area contributed by atoms with Crippen LogP contribution >= 0.6 is 0 Å². The summed E-state index contributed by atoms with van der Waals surface area (Å²) in [5.41, 5.74) is 3.30. The smallest absolute Gasteiger partial charge is 0.252 e. The first kappa shape index (κ1) is 17.9. The summed E-state index contributed by atoms with van der Waals surface area (Å²) < 4.78 is 11.8. The van der Waals surface area contributed by atoms with Crippen LogP contribution in [0, 0.1) is 13.8 Å². The molecular formula is C21H25N3O3. The van der Waals surface area contributed by atoms with Crippen molar-refractivity contribution in [2.24, 2.45) is 0 Å². The topological polar surface area (TPSA) is 64.5 Å². The molecular weight excluding hydrogens is 342 g/mol. The number of ether oxygens (including phenoxy) is 2. The number of aromatic nitrogens is 2. The molecule has 0 saturated carbocycles. The molecule has 0 bridgehead atoms. The molecule has 0 N–H and O–H groups in total. The fourth-order valence-corrected chi connectivity index (χ4v) is 3.82. The molecule has 0 radical (unpaired) electrons. The number of amides is 1. The van der Waals surface area contributed by atoms with Gasteiger partial charge in [0.2, 0.25) is 5.88 Å². The van der Waals surface area contributed by atoms with Crippen LogP contribution in [0.4, 0.5) is 0 Å². The number of fused-ring (bicyclic) bond motifs is 1. The van der Waals surface area contributed by atoms with Crippen molar-refractivity contribution < 1.29 is 14.3 Å². The zero-order valence-corrected chi connectivity index (χ0v) is 15.9. The number of nitrogens with zero attached hydrogens (tertiary/aromatic N) is 3. The molecule has 2 aliphatic heterocycles. The van der Waals surface area contributed by atoms with Gasteiger partial charge in [-0.2, -0.15) is 4.98 Å². The van der Waals surface area contributed by atoms with Crippen LogP contribution < -0.4 is 4.74 Å². The van der Waals surface area contributed by atoms with E-state index in [1.807, 2.05) is 36.9 Å². The van der Waals surface area contributed by atoms with E-state index in [1.54, 1.807) is 0 Å². The maximum atomic E-state index is 12.9. The Bertz CT molecular complexity index is 811. The molecule has 1 fully saturated rings. The lowest BCUT2D eigenvalue weighted by atomic mass is 9.98. The highest BCUT2D eigenvalue weighted by Gasteiger charge is 2.32. The van der Waals surface area contributed by atoms with E-state index >= 15 is 0 Å². The lowest BCUT2D eigenvalue weighted by molar-refractivity contribution is -0.147. The molecule has 2 aromatic rings. The minimum atomic E-state index is -0.371. The predicted molar refractivity (Wildman–Crippen MR) is 100 cm³/mol. The van der Waals surface area contributed by atoms with Gasteiger partial charge in [0.05, 0.1) is 6.61 Å². The number of aryl methyl sites for hydroxylation is 2. The number of hydrogen-bond donors (Lipinski definition) is 0. The molecule has 1 unspecified atom stereocenters. The zero-order chi connectivity index (χ0) is 18.8. The van der Waals surface area contributed by atoms with Crippen molar-refractivity contribution in [3.8, 4) is 5.88 Å². The molecule has 6 nitrogen and oxygen atoms in total. The second-order valence-electron chi connectivity index (χ2n) is 7.31. The lowest BCUT2D eigenvalue weighted by Gasteiger charge is -2.35. The van der Waals surface area contributed by atoms with E-state index in [9.17, 15) is 4.79 Å². The summed E-state index contributed by atoms with van der Waals surface area (Å²) in [6.07, 6.45) is 1.97. The maximum absolute atomic E-state index is 12.9. The van der Waals surface area contributed by atoms with Gasteiger partial charge in [-0.3, -0.25) is 4.79 Å². The molecule has 1 atom stereocenters. The van der Waals surface area contributed by atoms with Crippen LogP contribution in [-0.2, 0) is 22.6 Å². The average molecular weight is 367 g/mol. The molecule has 6 heteroatoms. The number of carbonyl (C=O) groups excluding carboxylic acids is 1. The van der Waals surface area contributed by atoms with Gasteiger partial charge in [0.25, 0.3) is 5.91 Å². The third-order valence-electron chi connectivity index (χ3n) is 5.22. The molecule has 1 aromatic carbocycles. The second-order valence-corrected chi connectivity index (χ2v) is 7.31. The average Bonchev–Trinajstić information content (AvgIpc) is 2.67. The van der Waals surface area contributed by atoms with Crippen molar-refractivity contribution in [2.45, 2.75) is 51.9 Å². The Labute approximate surface area is 159 Å². The molecule has 27 heavy (non-hydrogen) atoms. The van der Waals surface area contributed by atoms with Crippen LogP contribution in [0.15, 0.2) is 30.3 Å². The molecule has 142 valence electrons. The van der Waals surface area contributed by atoms with Gasteiger partial charge in [-0.1, -0.05) is 24.3 Å².